The third-order valence-electron chi connectivity index (χ3n) is 3.22. The number of rotatable bonds is 4. The molecule has 2 atom stereocenters. The molecule has 2 unspecified atom stereocenters. The second-order valence-corrected chi connectivity index (χ2v) is 4.65. The van der Waals surface area contributed by atoms with Gasteiger partial charge in [-0.05, 0) is 5.56 Å². The molecule has 0 radical (unpaired) electrons. The molecule has 2 rings (SSSR count). The van der Waals surface area contributed by atoms with E-state index in [0.717, 1.165) is 0 Å². The molecule has 1 aromatic rings. The maximum absolute atomic E-state index is 14.2. The third-order valence-corrected chi connectivity index (χ3v) is 3.22. The first-order valence-electron chi connectivity index (χ1n) is 6.13. The Kier molecular flexibility index (Phi) is 4.69. The SMILES string of the molecule is OB(O)OC1(Cc2ccccc2)C(F)=C(F)C(F)=C(F)C1F. The number of allylic oxidation sites excluding steroid dienone is 2. The molecule has 0 fully saturated rings. The van der Waals surface area contributed by atoms with Crippen molar-refractivity contribution in [2.75, 3.05) is 0 Å². The topological polar surface area (TPSA) is 49.7 Å². The van der Waals surface area contributed by atoms with Gasteiger partial charge < -0.3 is 14.7 Å². The van der Waals surface area contributed by atoms with E-state index in [1.807, 2.05) is 0 Å². The molecule has 22 heavy (non-hydrogen) atoms. The Morgan fingerprint density at radius 3 is 2.18 bits per heavy atom. The van der Waals surface area contributed by atoms with Gasteiger partial charge in [-0.15, -0.1) is 0 Å². The summed E-state index contributed by atoms with van der Waals surface area (Å²) in [6.45, 7) is 0. The van der Waals surface area contributed by atoms with Crippen molar-refractivity contribution >= 4 is 7.32 Å². The van der Waals surface area contributed by atoms with Crippen molar-refractivity contribution in [1.29, 1.82) is 0 Å². The van der Waals surface area contributed by atoms with E-state index in [-0.39, 0.29) is 5.56 Å². The summed E-state index contributed by atoms with van der Waals surface area (Å²) < 4.78 is 72.6. The summed E-state index contributed by atoms with van der Waals surface area (Å²) >= 11 is 0. The molecule has 0 aliphatic heterocycles. The van der Waals surface area contributed by atoms with E-state index >= 15 is 0 Å². The average molecular weight is 320 g/mol. The molecule has 9 heteroatoms. The fourth-order valence-electron chi connectivity index (χ4n) is 2.22. The molecule has 0 amide bonds. The van der Waals surface area contributed by atoms with Crippen LogP contribution in [0.3, 0.4) is 0 Å². The van der Waals surface area contributed by atoms with Gasteiger partial charge in [0.25, 0.3) is 0 Å². The summed E-state index contributed by atoms with van der Waals surface area (Å²) in [5.41, 5.74) is -2.87. The molecule has 0 aromatic heterocycles. The van der Waals surface area contributed by atoms with Crippen molar-refractivity contribution < 1.29 is 36.7 Å². The summed E-state index contributed by atoms with van der Waals surface area (Å²) in [5.74, 6) is -8.89. The van der Waals surface area contributed by atoms with Gasteiger partial charge >= 0.3 is 7.32 Å². The largest absolute Gasteiger partial charge is 0.634 e. The third kappa shape index (κ3) is 2.79. The number of benzene rings is 1. The van der Waals surface area contributed by atoms with Gasteiger partial charge in [-0.3, -0.25) is 0 Å². The van der Waals surface area contributed by atoms with E-state index in [1.54, 1.807) is 6.07 Å². The van der Waals surface area contributed by atoms with Crippen molar-refractivity contribution in [3.8, 4) is 0 Å². The van der Waals surface area contributed by atoms with Crippen LogP contribution in [0.2, 0.25) is 0 Å². The predicted molar refractivity (Wildman–Crippen MR) is 67.5 cm³/mol. The standard InChI is InChI=1S/C13H10BF5O3/c15-8-9(16)11(18)13(22-14(20)21,12(19)10(8)17)6-7-4-2-1-3-5-7/h1-5,11,20-21H,6H2. The molecule has 2 N–H and O–H groups in total. The lowest BCUT2D eigenvalue weighted by Gasteiger charge is -2.37. The lowest BCUT2D eigenvalue weighted by molar-refractivity contribution is -0.0318. The van der Waals surface area contributed by atoms with E-state index in [0.29, 0.717) is 0 Å². The van der Waals surface area contributed by atoms with E-state index < -0.39 is 48.8 Å². The van der Waals surface area contributed by atoms with Crippen LogP contribution in [0.5, 0.6) is 0 Å². The molecule has 0 bridgehead atoms. The molecule has 0 spiro atoms. The molecule has 1 aliphatic rings. The van der Waals surface area contributed by atoms with Crippen LogP contribution in [0.1, 0.15) is 5.56 Å². The van der Waals surface area contributed by atoms with E-state index in [4.69, 9.17) is 10.0 Å². The van der Waals surface area contributed by atoms with Gasteiger partial charge in [0.15, 0.2) is 35.1 Å². The highest BCUT2D eigenvalue weighted by Crippen LogP contribution is 2.46. The highest BCUT2D eigenvalue weighted by atomic mass is 19.2. The van der Waals surface area contributed by atoms with Crippen LogP contribution in [-0.2, 0) is 11.1 Å². The first-order valence-corrected chi connectivity index (χ1v) is 6.13. The van der Waals surface area contributed by atoms with Crippen LogP contribution in [-0.4, -0.2) is 29.1 Å². The summed E-state index contributed by atoms with van der Waals surface area (Å²) in [5, 5.41) is 17.7. The monoisotopic (exact) mass is 320 g/mol. The van der Waals surface area contributed by atoms with Crippen LogP contribution >= 0.6 is 0 Å². The zero-order valence-corrected chi connectivity index (χ0v) is 10.9. The second-order valence-electron chi connectivity index (χ2n) is 4.65. The van der Waals surface area contributed by atoms with Crippen molar-refractivity contribution in [3.63, 3.8) is 0 Å². The zero-order chi connectivity index (χ0) is 16.5. The molecule has 1 aliphatic carbocycles. The molecular weight excluding hydrogens is 310 g/mol. The quantitative estimate of drug-likeness (QED) is 0.662. The van der Waals surface area contributed by atoms with Crippen LogP contribution in [0.4, 0.5) is 22.0 Å². The Hall–Kier alpha value is -1.71. The van der Waals surface area contributed by atoms with Crippen molar-refractivity contribution in [1.82, 2.24) is 0 Å². The highest BCUT2D eigenvalue weighted by Gasteiger charge is 2.55. The molecular formula is C13H10BF5O3. The number of halogens is 5. The highest BCUT2D eigenvalue weighted by molar-refractivity contribution is 6.32. The van der Waals surface area contributed by atoms with E-state index in [2.05, 4.69) is 4.65 Å². The Morgan fingerprint density at radius 1 is 1.05 bits per heavy atom. The summed E-state index contributed by atoms with van der Waals surface area (Å²) in [6.07, 6.45) is -3.87. The second kappa shape index (κ2) is 6.19. The van der Waals surface area contributed by atoms with Crippen LogP contribution in [0.25, 0.3) is 0 Å². The number of hydrogen-bond donors (Lipinski definition) is 2. The smallest absolute Gasteiger partial charge is 0.402 e. The molecule has 0 saturated heterocycles. The molecule has 3 nitrogen and oxygen atoms in total. The minimum absolute atomic E-state index is 0.184. The van der Waals surface area contributed by atoms with Crippen LogP contribution < -0.4 is 0 Å². The molecule has 118 valence electrons. The lowest BCUT2D eigenvalue weighted by Crippen LogP contribution is -2.51. The Labute approximate surface area is 122 Å². The number of hydrogen-bond acceptors (Lipinski definition) is 3. The molecule has 0 saturated carbocycles. The fraction of sp³-hybridized carbons (Fsp3) is 0.231. The van der Waals surface area contributed by atoms with Gasteiger partial charge in [-0.25, -0.2) is 22.0 Å². The van der Waals surface area contributed by atoms with Gasteiger partial charge in [0.05, 0.1) is 0 Å². The Balaban J connectivity index is 2.54. The van der Waals surface area contributed by atoms with Gasteiger partial charge in [-0.1, -0.05) is 30.3 Å². The predicted octanol–water partition coefficient (Wildman–Crippen LogP) is 2.61. The summed E-state index contributed by atoms with van der Waals surface area (Å²) in [7, 11) is -2.73. The average Bonchev–Trinajstić information content (AvgIpc) is 2.50. The van der Waals surface area contributed by atoms with Crippen molar-refractivity contribution in [2.45, 2.75) is 18.2 Å². The van der Waals surface area contributed by atoms with Gasteiger partial charge in [0, 0.05) is 6.42 Å². The first kappa shape index (κ1) is 16.7. The first-order chi connectivity index (χ1) is 10.3. The maximum atomic E-state index is 14.2. The molecule has 1 aromatic carbocycles. The van der Waals surface area contributed by atoms with Gasteiger partial charge in [0.2, 0.25) is 0 Å². The fourth-order valence-corrected chi connectivity index (χ4v) is 2.22. The lowest BCUT2D eigenvalue weighted by atomic mass is 9.83. The van der Waals surface area contributed by atoms with Gasteiger partial charge in [0.1, 0.15) is 0 Å². The van der Waals surface area contributed by atoms with Crippen molar-refractivity contribution in [2.24, 2.45) is 0 Å². The summed E-state index contributed by atoms with van der Waals surface area (Å²) in [6, 6.07) is 7.30. The van der Waals surface area contributed by atoms with Crippen molar-refractivity contribution in [3.05, 3.63) is 59.2 Å². The summed E-state index contributed by atoms with van der Waals surface area (Å²) in [4.78, 5) is 0. The Bertz CT molecular complexity index is 619. The minimum atomic E-state index is -3.09. The minimum Gasteiger partial charge on any atom is -0.402 e. The van der Waals surface area contributed by atoms with E-state index in [9.17, 15) is 22.0 Å². The van der Waals surface area contributed by atoms with Crippen LogP contribution in [0, 0.1) is 0 Å². The molecule has 0 heterocycles. The number of alkyl halides is 1. The van der Waals surface area contributed by atoms with Crippen LogP contribution in [0.15, 0.2) is 53.6 Å². The zero-order valence-electron chi connectivity index (χ0n) is 10.9. The Morgan fingerprint density at radius 2 is 1.64 bits per heavy atom. The van der Waals surface area contributed by atoms with E-state index in [1.165, 1.54) is 24.3 Å². The maximum Gasteiger partial charge on any atom is 0.634 e. The van der Waals surface area contributed by atoms with Gasteiger partial charge in [-0.2, -0.15) is 0 Å². The normalized spacial score (nSPS) is 25.7.